The van der Waals surface area contributed by atoms with Gasteiger partial charge >= 0.3 is 0 Å². The topological polar surface area (TPSA) is 46.1 Å². The van der Waals surface area contributed by atoms with Gasteiger partial charge in [0.1, 0.15) is 0 Å². The van der Waals surface area contributed by atoms with E-state index < -0.39 is 0 Å². The normalized spacial score (nSPS) is 14.9. The second-order valence-corrected chi connectivity index (χ2v) is 6.23. The molecule has 3 rings (SSSR count). The number of aromatic nitrogens is 2. The van der Waals surface area contributed by atoms with Crippen LogP contribution in [-0.4, -0.2) is 33.4 Å². The zero-order valence-electron chi connectivity index (χ0n) is 13.1. The third-order valence-electron chi connectivity index (χ3n) is 3.70. The molecular weight excluding hydrogens is 274 g/mol. The van der Waals surface area contributed by atoms with Crippen LogP contribution in [0.2, 0.25) is 0 Å². The van der Waals surface area contributed by atoms with Gasteiger partial charge in [0, 0.05) is 18.7 Å². The third-order valence-corrected chi connectivity index (χ3v) is 3.70. The lowest BCUT2D eigenvalue weighted by Gasteiger charge is -2.22. The molecule has 2 aromatic rings. The molecule has 1 aliphatic rings. The molecule has 4 heteroatoms. The lowest BCUT2D eigenvalue weighted by atomic mass is 10.2. The number of carbonyl (C=O) groups is 1. The van der Waals surface area contributed by atoms with E-state index in [4.69, 9.17) is 0 Å². The Kier molecular flexibility index (Phi) is 4.18. The van der Waals surface area contributed by atoms with Crippen molar-refractivity contribution in [2.75, 3.05) is 6.54 Å². The minimum atomic E-state index is 0.0751. The second kappa shape index (κ2) is 6.26. The zero-order chi connectivity index (χ0) is 15.5. The van der Waals surface area contributed by atoms with Crippen molar-refractivity contribution in [1.82, 2.24) is 14.9 Å². The lowest BCUT2D eigenvalue weighted by Crippen LogP contribution is -2.34. The van der Waals surface area contributed by atoms with Gasteiger partial charge in [0.25, 0.3) is 0 Å². The molecule has 22 heavy (non-hydrogen) atoms. The van der Waals surface area contributed by atoms with E-state index in [0.29, 0.717) is 17.7 Å². The SMILES string of the molecule is CC(C)CN(C(=O)/C=C/c1cnc2ccccc2n1)C1CC1. The average molecular weight is 295 g/mol. The van der Waals surface area contributed by atoms with Crippen molar-refractivity contribution in [3.05, 3.63) is 42.2 Å². The van der Waals surface area contributed by atoms with Gasteiger partial charge in [0.15, 0.2) is 0 Å². The monoisotopic (exact) mass is 295 g/mol. The first-order chi connectivity index (χ1) is 10.6. The van der Waals surface area contributed by atoms with Gasteiger partial charge in [-0.3, -0.25) is 9.78 Å². The van der Waals surface area contributed by atoms with Gasteiger partial charge in [-0.05, 0) is 37.0 Å². The van der Waals surface area contributed by atoms with Gasteiger partial charge in [-0.15, -0.1) is 0 Å². The van der Waals surface area contributed by atoms with Crippen molar-refractivity contribution >= 4 is 23.0 Å². The van der Waals surface area contributed by atoms with Gasteiger partial charge in [-0.25, -0.2) is 4.98 Å². The lowest BCUT2D eigenvalue weighted by molar-refractivity contribution is -0.127. The molecule has 114 valence electrons. The van der Waals surface area contributed by atoms with Crippen molar-refractivity contribution in [2.24, 2.45) is 5.92 Å². The van der Waals surface area contributed by atoms with Crippen LogP contribution in [0.3, 0.4) is 0 Å². The standard InChI is InChI=1S/C18H21N3O/c1-13(2)12-21(15-8-9-15)18(22)10-7-14-11-19-16-5-3-4-6-17(16)20-14/h3-7,10-11,13,15H,8-9,12H2,1-2H3/b10-7+. The first kappa shape index (κ1) is 14.7. The third kappa shape index (κ3) is 3.50. The minimum Gasteiger partial charge on any atom is -0.336 e. The molecule has 1 aromatic heterocycles. The number of rotatable bonds is 5. The summed E-state index contributed by atoms with van der Waals surface area (Å²) in [4.78, 5) is 23.2. The molecule has 0 atom stereocenters. The van der Waals surface area contributed by atoms with Gasteiger partial charge in [0.05, 0.1) is 22.9 Å². The first-order valence-electron chi connectivity index (χ1n) is 7.84. The average Bonchev–Trinajstić information content (AvgIpc) is 3.34. The Balaban J connectivity index is 1.74. The number of fused-ring (bicyclic) bond motifs is 1. The maximum Gasteiger partial charge on any atom is 0.246 e. The van der Waals surface area contributed by atoms with Crippen LogP contribution in [0.1, 0.15) is 32.4 Å². The summed E-state index contributed by atoms with van der Waals surface area (Å²) in [5.74, 6) is 0.560. The second-order valence-electron chi connectivity index (χ2n) is 6.23. The molecule has 0 bridgehead atoms. The highest BCUT2D eigenvalue weighted by Crippen LogP contribution is 2.27. The predicted molar refractivity (Wildman–Crippen MR) is 88.1 cm³/mol. The molecule has 1 aromatic carbocycles. The number of nitrogens with zero attached hydrogens (tertiary/aromatic N) is 3. The van der Waals surface area contributed by atoms with E-state index in [1.54, 1.807) is 18.3 Å². The van der Waals surface area contributed by atoms with Crippen LogP contribution >= 0.6 is 0 Å². The van der Waals surface area contributed by atoms with Crippen LogP contribution in [-0.2, 0) is 4.79 Å². The van der Waals surface area contributed by atoms with Crippen LogP contribution in [0, 0.1) is 5.92 Å². The zero-order valence-corrected chi connectivity index (χ0v) is 13.1. The maximum atomic E-state index is 12.4. The van der Waals surface area contributed by atoms with Crippen LogP contribution in [0.25, 0.3) is 17.1 Å². The number of benzene rings is 1. The van der Waals surface area contributed by atoms with Crippen molar-refractivity contribution in [3.8, 4) is 0 Å². The molecule has 4 nitrogen and oxygen atoms in total. The molecular formula is C18H21N3O. The van der Waals surface area contributed by atoms with Crippen LogP contribution < -0.4 is 0 Å². The number of carbonyl (C=O) groups excluding carboxylic acids is 1. The smallest absolute Gasteiger partial charge is 0.246 e. The Morgan fingerprint density at radius 1 is 1.32 bits per heavy atom. The molecule has 1 aliphatic carbocycles. The minimum absolute atomic E-state index is 0.0751. The Hall–Kier alpha value is -2.23. The van der Waals surface area contributed by atoms with Crippen LogP contribution in [0.4, 0.5) is 0 Å². The molecule has 0 saturated heterocycles. The Morgan fingerprint density at radius 3 is 2.73 bits per heavy atom. The molecule has 0 unspecified atom stereocenters. The van der Waals surface area contributed by atoms with Crippen LogP contribution in [0.15, 0.2) is 36.5 Å². The van der Waals surface area contributed by atoms with E-state index in [1.165, 1.54) is 0 Å². The molecule has 1 fully saturated rings. The summed E-state index contributed by atoms with van der Waals surface area (Å²) in [5.41, 5.74) is 2.43. The summed E-state index contributed by atoms with van der Waals surface area (Å²) in [6, 6.07) is 8.17. The molecule has 0 spiro atoms. The van der Waals surface area contributed by atoms with Crippen molar-refractivity contribution in [1.29, 1.82) is 0 Å². The summed E-state index contributed by atoms with van der Waals surface area (Å²) in [6.45, 7) is 5.10. The highest BCUT2D eigenvalue weighted by molar-refractivity contribution is 5.92. The Labute approximate surface area is 130 Å². The van der Waals surface area contributed by atoms with Gasteiger partial charge in [0.2, 0.25) is 5.91 Å². The summed E-state index contributed by atoms with van der Waals surface area (Å²) >= 11 is 0. The molecule has 0 aliphatic heterocycles. The summed E-state index contributed by atoms with van der Waals surface area (Å²) < 4.78 is 0. The molecule has 1 saturated carbocycles. The fraction of sp³-hybridized carbons (Fsp3) is 0.389. The van der Waals surface area contributed by atoms with Gasteiger partial charge in [-0.2, -0.15) is 0 Å². The molecule has 1 amide bonds. The largest absolute Gasteiger partial charge is 0.336 e. The van der Waals surface area contributed by atoms with Crippen LogP contribution in [0.5, 0.6) is 0 Å². The van der Waals surface area contributed by atoms with E-state index in [2.05, 4.69) is 23.8 Å². The Morgan fingerprint density at radius 2 is 2.05 bits per heavy atom. The van der Waals surface area contributed by atoms with Gasteiger partial charge in [-0.1, -0.05) is 26.0 Å². The first-order valence-corrected chi connectivity index (χ1v) is 7.84. The molecule has 0 N–H and O–H groups in total. The van der Waals surface area contributed by atoms with E-state index in [0.717, 1.165) is 30.4 Å². The summed E-state index contributed by atoms with van der Waals surface area (Å²) in [6.07, 6.45) is 7.34. The number of hydrogen-bond acceptors (Lipinski definition) is 3. The molecule has 1 heterocycles. The van der Waals surface area contributed by atoms with E-state index in [9.17, 15) is 4.79 Å². The van der Waals surface area contributed by atoms with Gasteiger partial charge < -0.3 is 4.90 Å². The Bertz CT molecular complexity index is 704. The molecule has 0 radical (unpaired) electrons. The predicted octanol–water partition coefficient (Wildman–Crippen LogP) is 3.29. The van der Waals surface area contributed by atoms with E-state index >= 15 is 0 Å². The summed E-state index contributed by atoms with van der Waals surface area (Å²) in [7, 11) is 0. The van der Waals surface area contributed by atoms with Crippen molar-refractivity contribution in [3.63, 3.8) is 0 Å². The van der Waals surface area contributed by atoms with E-state index in [-0.39, 0.29) is 5.91 Å². The number of amides is 1. The highest BCUT2D eigenvalue weighted by Gasteiger charge is 2.31. The summed E-state index contributed by atoms with van der Waals surface area (Å²) in [5, 5.41) is 0. The van der Waals surface area contributed by atoms with Crippen molar-refractivity contribution in [2.45, 2.75) is 32.7 Å². The maximum absolute atomic E-state index is 12.4. The number of para-hydroxylation sites is 2. The highest BCUT2D eigenvalue weighted by atomic mass is 16.2. The quantitative estimate of drug-likeness (QED) is 0.795. The van der Waals surface area contributed by atoms with Crippen molar-refractivity contribution < 1.29 is 4.79 Å². The number of hydrogen-bond donors (Lipinski definition) is 0. The fourth-order valence-corrected chi connectivity index (χ4v) is 2.50. The fourth-order valence-electron chi connectivity index (χ4n) is 2.50. The van der Waals surface area contributed by atoms with E-state index in [1.807, 2.05) is 29.2 Å².